The van der Waals surface area contributed by atoms with Crippen LogP contribution in [0.5, 0.6) is 5.75 Å². The van der Waals surface area contributed by atoms with Crippen molar-refractivity contribution in [2.24, 2.45) is 10.4 Å². The van der Waals surface area contributed by atoms with E-state index < -0.39 is 0 Å². The lowest BCUT2D eigenvalue weighted by atomic mass is 9.67. The number of nitrogens with one attached hydrogen (secondary N) is 2. The number of rotatable bonds is 9. The minimum Gasteiger partial charge on any atom is -0.491 e. The molecule has 1 aliphatic carbocycles. The van der Waals surface area contributed by atoms with Crippen LogP contribution in [0.1, 0.15) is 25.7 Å². The number of aliphatic imine (C=N–C) groups is 1. The van der Waals surface area contributed by atoms with Gasteiger partial charge >= 0.3 is 0 Å². The number of methoxy groups -OCH3 is 1. The van der Waals surface area contributed by atoms with Crippen molar-refractivity contribution >= 4 is 16.7 Å². The smallest absolute Gasteiger partial charge is 0.191 e. The molecule has 1 saturated carbocycles. The van der Waals surface area contributed by atoms with Crippen molar-refractivity contribution in [1.82, 2.24) is 10.6 Å². The summed E-state index contributed by atoms with van der Waals surface area (Å²) in [5, 5.41) is 9.17. The number of nitrogens with zero attached hydrogens (tertiary/aromatic N) is 1. The zero-order valence-electron chi connectivity index (χ0n) is 16.5. The molecule has 27 heavy (non-hydrogen) atoms. The first-order valence-electron chi connectivity index (χ1n) is 9.80. The van der Waals surface area contributed by atoms with E-state index in [-0.39, 0.29) is 0 Å². The van der Waals surface area contributed by atoms with Crippen molar-refractivity contribution in [3.05, 3.63) is 42.5 Å². The molecule has 0 bridgehead atoms. The van der Waals surface area contributed by atoms with Gasteiger partial charge in [0.2, 0.25) is 0 Å². The fourth-order valence-electron chi connectivity index (χ4n) is 3.65. The van der Waals surface area contributed by atoms with Crippen molar-refractivity contribution < 1.29 is 9.47 Å². The van der Waals surface area contributed by atoms with Crippen LogP contribution in [0, 0.1) is 5.41 Å². The van der Waals surface area contributed by atoms with Gasteiger partial charge < -0.3 is 20.1 Å². The third kappa shape index (κ3) is 5.13. The van der Waals surface area contributed by atoms with Gasteiger partial charge in [-0.2, -0.15) is 0 Å². The van der Waals surface area contributed by atoms with Crippen molar-refractivity contribution in [1.29, 1.82) is 0 Å². The molecule has 3 rings (SSSR count). The molecule has 0 amide bonds. The summed E-state index contributed by atoms with van der Waals surface area (Å²) in [5.74, 6) is 1.76. The molecule has 0 radical (unpaired) electrons. The normalized spacial score (nSPS) is 16.0. The third-order valence-electron chi connectivity index (χ3n) is 5.51. The Balaban J connectivity index is 1.43. The van der Waals surface area contributed by atoms with Gasteiger partial charge in [0, 0.05) is 32.7 Å². The van der Waals surface area contributed by atoms with Gasteiger partial charge in [0.25, 0.3) is 0 Å². The van der Waals surface area contributed by atoms with E-state index in [2.05, 4.69) is 33.8 Å². The zero-order valence-corrected chi connectivity index (χ0v) is 16.5. The van der Waals surface area contributed by atoms with E-state index in [9.17, 15) is 0 Å². The quantitative estimate of drug-likeness (QED) is 0.403. The molecule has 1 fully saturated rings. The Morgan fingerprint density at radius 1 is 1.07 bits per heavy atom. The number of guanidine groups is 1. The summed E-state index contributed by atoms with van der Waals surface area (Å²) in [5.41, 5.74) is 0.368. The van der Waals surface area contributed by atoms with Crippen molar-refractivity contribution in [3.63, 3.8) is 0 Å². The van der Waals surface area contributed by atoms with Gasteiger partial charge in [-0.25, -0.2) is 0 Å². The SMILES string of the molecule is CN=C(NCCOc1cccc2ccccc12)NCC1(CCOC)CCC1. The Bertz CT molecular complexity index is 751. The van der Waals surface area contributed by atoms with Crippen LogP contribution in [0.2, 0.25) is 0 Å². The molecule has 5 nitrogen and oxygen atoms in total. The van der Waals surface area contributed by atoms with E-state index in [1.807, 2.05) is 31.3 Å². The predicted molar refractivity (Wildman–Crippen MR) is 112 cm³/mol. The van der Waals surface area contributed by atoms with Crippen molar-refractivity contribution in [2.75, 3.05) is 40.5 Å². The van der Waals surface area contributed by atoms with Crippen LogP contribution in [0.15, 0.2) is 47.5 Å². The first kappa shape index (κ1) is 19.5. The molecule has 1 aliphatic rings. The summed E-state index contributed by atoms with van der Waals surface area (Å²) in [6, 6.07) is 14.4. The van der Waals surface area contributed by atoms with Gasteiger partial charge in [-0.3, -0.25) is 4.99 Å². The Hall–Kier alpha value is -2.27. The standard InChI is InChI=1S/C22H31N3O2/c1-23-21(25-17-22(11-6-12-22)13-15-26-2)24-14-16-27-20-10-5-8-18-7-3-4-9-19(18)20/h3-5,7-10H,6,11-17H2,1-2H3,(H2,23,24,25). The maximum Gasteiger partial charge on any atom is 0.191 e. The summed E-state index contributed by atoms with van der Waals surface area (Å²) in [4.78, 5) is 4.33. The van der Waals surface area contributed by atoms with Crippen LogP contribution < -0.4 is 15.4 Å². The number of hydrogen-bond acceptors (Lipinski definition) is 3. The van der Waals surface area contributed by atoms with Crippen LogP contribution >= 0.6 is 0 Å². The maximum absolute atomic E-state index is 5.98. The Morgan fingerprint density at radius 3 is 2.63 bits per heavy atom. The van der Waals surface area contributed by atoms with Crippen LogP contribution in [0.4, 0.5) is 0 Å². The molecule has 0 atom stereocenters. The van der Waals surface area contributed by atoms with Crippen LogP contribution in [0.3, 0.4) is 0 Å². The van der Waals surface area contributed by atoms with Crippen LogP contribution in [-0.4, -0.2) is 46.4 Å². The first-order chi connectivity index (χ1) is 13.3. The van der Waals surface area contributed by atoms with Gasteiger partial charge in [-0.05, 0) is 36.1 Å². The predicted octanol–water partition coefficient (Wildman–Crippen LogP) is 3.59. The molecular formula is C22H31N3O2. The lowest BCUT2D eigenvalue weighted by Crippen LogP contribution is -2.47. The van der Waals surface area contributed by atoms with Crippen LogP contribution in [-0.2, 0) is 4.74 Å². The lowest BCUT2D eigenvalue weighted by Gasteiger charge is -2.42. The van der Waals surface area contributed by atoms with Gasteiger partial charge in [-0.15, -0.1) is 0 Å². The number of hydrogen-bond donors (Lipinski definition) is 2. The monoisotopic (exact) mass is 369 g/mol. The zero-order chi connectivity index (χ0) is 19.0. The van der Waals surface area contributed by atoms with E-state index in [1.54, 1.807) is 7.11 Å². The average molecular weight is 370 g/mol. The fraction of sp³-hybridized carbons (Fsp3) is 0.500. The number of ether oxygens (including phenoxy) is 2. The summed E-state index contributed by atoms with van der Waals surface area (Å²) >= 11 is 0. The van der Waals surface area contributed by atoms with Crippen molar-refractivity contribution in [3.8, 4) is 5.75 Å². The highest BCUT2D eigenvalue weighted by atomic mass is 16.5. The summed E-state index contributed by atoms with van der Waals surface area (Å²) in [6.07, 6.45) is 4.96. The Kier molecular flexibility index (Phi) is 6.93. The molecule has 0 unspecified atom stereocenters. The maximum atomic E-state index is 5.98. The fourth-order valence-corrected chi connectivity index (χ4v) is 3.65. The second kappa shape index (κ2) is 9.60. The van der Waals surface area contributed by atoms with E-state index in [0.29, 0.717) is 18.6 Å². The van der Waals surface area contributed by atoms with Gasteiger partial charge in [-0.1, -0.05) is 42.8 Å². The molecule has 146 valence electrons. The highest BCUT2D eigenvalue weighted by molar-refractivity contribution is 5.88. The molecule has 0 aromatic heterocycles. The molecule has 0 saturated heterocycles. The van der Waals surface area contributed by atoms with E-state index in [4.69, 9.17) is 9.47 Å². The average Bonchev–Trinajstić information content (AvgIpc) is 2.68. The molecular weight excluding hydrogens is 338 g/mol. The largest absolute Gasteiger partial charge is 0.491 e. The lowest BCUT2D eigenvalue weighted by molar-refractivity contribution is 0.0732. The molecule has 5 heteroatoms. The molecule has 0 spiro atoms. The van der Waals surface area contributed by atoms with E-state index in [0.717, 1.165) is 36.7 Å². The molecule has 0 aliphatic heterocycles. The minimum absolute atomic E-state index is 0.368. The second-order valence-corrected chi connectivity index (χ2v) is 7.27. The highest BCUT2D eigenvalue weighted by Crippen LogP contribution is 2.43. The highest BCUT2D eigenvalue weighted by Gasteiger charge is 2.36. The third-order valence-corrected chi connectivity index (χ3v) is 5.51. The number of benzene rings is 2. The minimum atomic E-state index is 0.368. The van der Waals surface area contributed by atoms with E-state index in [1.165, 1.54) is 24.6 Å². The summed E-state index contributed by atoms with van der Waals surface area (Å²) in [6.45, 7) is 3.06. The Labute approximate surface area is 162 Å². The molecule has 2 aromatic rings. The topological polar surface area (TPSA) is 54.9 Å². The summed E-state index contributed by atoms with van der Waals surface area (Å²) < 4.78 is 11.3. The van der Waals surface area contributed by atoms with Crippen molar-refractivity contribution in [2.45, 2.75) is 25.7 Å². The van der Waals surface area contributed by atoms with Gasteiger partial charge in [0.05, 0.1) is 6.54 Å². The van der Waals surface area contributed by atoms with Gasteiger partial charge in [0.15, 0.2) is 5.96 Å². The Morgan fingerprint density at radius 2 is 1.89 bits per heavy atom. The molecule has 2 aromatic carbocycles. The first-order valence-corrected chi connectivity index (χ1v) is 9.80. The number of fused-ring (bicyclic) bond motifs is 1. The molecule has 2 N–H and O–H groups in total. The van der Waals surface area contributed by atoms with E-state index >= 15 is 0 Å². The van der Waals surface area contributed by atoms with Crippen LogP contribution in [0.25, 0.3) is 10.8 Å². The van der Waals surface area contributed by atoms with Gasteiger partial charge in [0.1, 0.15) is 12.4 Å². The summed E-state index contributed by atoms with van der Waals surface area (Å²) in [7, 11) is 3.58. The second-order valence-electron chi connectivity index (χ2n) is 7.27. The molecule has 0 heterocycles.